The molecule has 0 saturated heterocycles. The molecule has 84 valence electrons. The van der Waals surface area contributed by atoms with Crippen LogP contribution in [0.1, 0.15) is 17.2 Å². The summed E-state index contributed by atoms with van der Waals surface area (Å²) in [7, 11) is 0. The zero-order chi connectivity index (χ0) is 11.7. The monoisotopic (exact) mass is 243 g/mol. The van der Waals surface area contributed by atoms with Crippen LogP contribution in [0.2, 0.25) is 0 Å². The van der Waals surface area contributed by atoms with Crippen LogP contribution >= 0.6 is 0 Å². The van der Waals surface area contributed by atoms with Gasteiger partial charge in [-0.25, -0.2) is 9.18 Å². The number of fused-ring (bicyclic) bond motifs is 1. The molecule has 2 atom stereocenters. The van der Waals surface area contributed by atoms with Crippen molar-refractivity contribution in [3.05, 3.63) is 29.6 Å². The molecule has 1 aliphatic heterocycles. The number of para-hydroxylation sites is 1. The maximum atomic E-state index is 13.4. The first-order valence-corrected chi connectivity index (χ1v) is 5.40. The van der Waals surface area contributed by atoms with E-state index < -0.39 is 23.1 Å². The van der Waals surface area contributed by atoms with E-state index in [0.29, 0.717) is 5.56 Å². The minimum atomic E-state index is -1.19. The smallest absolute Gasteiger partial charge is 0.467 e. The number of carbonyl (C=O) groups is 1. The van der Waals surface area contributed by atoms with Gasteiger partial charge in [0, 0.05) is 4.21 Å². The topological polar surface area (TPSA) is 63.6 Å². The van der Waals surface area contributed by atoms with Gasteiger partial charge in [0.25, 0.3) is 5.25 Å². The summed E-state index contributed by atoms with van der Waals surface area (Å²) in [5.41, 5.74) is 0.428. The number of benzene rings is 1. The van der Waals surface area contributed by atoms with Crippen LogP contribution in [0.5, 0.6) is 5.75 Å². The molecule has 1 N–H and O–H groups in total. The average Bonchev–Trinajstić information content (AvgIpc) is 2.28. The lowest BCUT2D eigenvalue weighted by Gasteiger charge is -2.22. The predicted octanol–water partition coefficient (Wildman–Crippen LogP) is 1.53. The number of hydrogen-bond acceptors (Lipinski definition) is 3. The van der Waals surface area contributed by atoms with Crippen LogP contribution in [-0.2, 0) is 20.7 Å². The van der Waals surface area contributed by atoms with E-state index in [9.17, 15) is 13.4 Å². The zero-order valence-corrected chi connectivity index (χ0v) is 8.87. The van der Waals surface area contributed by atoms with Crippen LogP contribution in [0.3, 0.4) is 0 Å². The molecule has 1 heterocycles. The third-order valence-electron chi connectivity index (χ3n) is 2.42. The van der Waals surface area contributed by atoms with Gasteiger partial charge in [0.1, 0.15) is 0 Å². The van der Waals surface area contributed by atoms with Crippen LogP contribution in [-0.4, -0.2) is 17.2 Å². The average molecular weight is 243 g/mol. The molecule has 16 heavy (non-hydrogen) atoms. The molecule has 0 aliphatic carbocycles. The fourth-order valence-corrected chi connectivity index (χ4v) is 2.20. The highest BCUT2D eigenvalue weighted by molar-refractivity contribution is 7.65. The fraction of sp³-hybridized carbons (Fsp3) is 0.300. The van der Waals surface area contributed by atoms with Gasteiger partial charge in [-0.1, -0.05) is 6.07 Å². The molecule has 1 aromatic rings. The zero-order valence-electron chi connectivity index (χ0n) is 8.05. The number of aliphatic carboxylic acids is 1. The van der Waals surface area contributed by atoms with Crippen LogP contribution in [0.15, 0.2) is 18.2 Å². The summed E-state index contributed by atoms with van der Waals surface area (Å²) < 4.78 is 29.3. The lowest BCUT2D eigenvalue weighted by atomic mass is 10.0. The Bertz CT molecular complexity index is 448. The van der Waals surface area contributed by atoms with Crippen molar-refractivity contribution in [2.45, 2.75) is 17.8 Å². The number of carboxylic acids is 1. The molecule has 0 bridgehead atoms. The number of carboxylic acid groups (broad SMARTS) is 1. The molecule has 4 nitrogen and oxygen atoms in total. The van der Waals surface area contributed by atoms with Crippen molar-refractivity contribution in [2.24, 2.45) is 0 Å². The van der Waals surface area contributed by atoms with E-state index in [4.69, 9.17) is 9.84 Å². The second-order valence-electron chi connectivity index (χ2n) is 3.42. The Balaban J connectivity index is 2.46. The first-order chi connectivity index (χ1) is 7.63. The lowest BCUT2D eigenvalue weighted by Crippen LogP contribution is -2.33. The molecular formula is C10H8FO4S+. The maximum Gasteiger partial charge on any atom is 0.467 e. The van der Waals surface area contributed by atoms with Gasteiger partial charge < -0.3 is 9.84 Å². The van der Waals surface area contributed by atoms with Crippen molar-refractivity contribution in [1.29, 1.82) is 0 Å². The van der Waals surface area contributed by atoms with Gasteiger partial charge in [-0.15, -0.1) is 0 Å². The molecule has 6 heteroatoms. The molecule has 0 fully saturated rings. The third-order valence-corrected chi connectivity index (χ3v) is 3.10. The van der Waals surface area contributed by atoms with Gasteiger partial charge in [-0.3, -0.25) is 0 Å². The fourth-order valence-electron chi connectivity index (χ4n) is 1.66. The Morgan fingerprint density at radius 3 is 2.94 bits per heavy atom. The van der Waals surface area contributed by atoms with E-state index >= 15 is 0 Å². The first kappa shape index (κ1) is 10.9. The Morgan fingerprint density at radius 2 is 2.31 bits per heavy atom. The van der Waals surface area contributed by atoms with Gasteiger partial charge in [-0.05, 0) is 12.1 Å². The van der Waals surface area contributed by atoms with Gasteiger partial charge >= 0.3 is 17.6 Å². The molecule has 1 aromatic carbocycles. The summed E-state index contributed by atoms with van der Waals surface area (Å²) in [4.78, 5) is 10.8. The predicted molar refractivity (Wildman–Crippen MR) is 53.9 cm³/mol. The molecule has 0 amide bonds. The van der Waals surface area contributed by atoms with Gasteiger partial charge in [0.2, 0.25) is 6.10 Å². The summed E-state index contributed by atoms with van der Waals surface area (Å²) in [6.45, 7) is 0. The summed E-state index contributed by atoms with van der Waals surface area (Å²) in [5.74, 6) is -1.94. The second kappa shape index (κ2) is 4.13. The Labute approximate surface area is 94.5 Å². The normalized spacial score (nSPS) is 23.1. The third kappa shape index (κ3) is 1.76. The van der Waals surface area contributed by atoms with E-state index in [2.05, 4.69) is 0 Å². The SMILES string of the molecule is O=[S+]C1CC(C(=O)O)Oc2c(F)cccc21. The lowest BCUT2D eigenvalue weighted by molar-refractivity contribution is -0.145. The minimum absolute atomic E-state index is 0.0555. The van der Waals surface area contributed by atoms with E-state index in [0.717, 1.165) is 0 Å². The van der Waals surface area contributed by atoms with E-state index in [1.807, 2.05) is 0 Å². The van der Waals surface area contributed by atoms with E-state index in [-0.39, 0.29) is 23.8 Å². The highest BCUT2D eigenvalue weighted by Crippen LogP contribution is 2.37. The largest absolute Gasteiger partial charge is 0.479 e. The number of ether oxygens (including phenoxy) is 1. The van der Waals surface area contributed by atoms with Crippen molar-refractivity contribution in [3.8, 4) is 5.75 Å². The highest BCUT2D eigenvalue weighted by Gasteiger charge is 2.41. The Kier molecular flexibility index (Phi) is 2.82. The summed E-state index contributed by atoms with van der Waals surface area (Å²) >= 11 is 0.258. The summed E-state index contributed by atoms with van der Waals surface area (Å²) in [6, 6.07) is 4.23. The molecule has 1 aliphatic rings. The number of halogens is 1. The molecular weight excluding hydrogens is 235 g/mol. The van der Waals surface area contributed by atoms with E-state index in [1.54, 1.807) is 6.07 Å². The van der Waals surface area contributed by atoms with Crippen LogP contribution in [0.25, 0.3) is 0 Å². The number of hydrogen-bond donors (Lipinski definition) is 1. The van der Waals surface area contributed by atoms with Crippen molar-refractivity contribution in [3.63, 3.8) is 0 Å². The second-order valence-corrected chi connectivity index (χ2v) is 4.18. The van der Waals surface area contributed by atoms with Gasteiger partial charge in [0.05, 0.1) is 12.0 Å². The Morgan fingerprint density at radius 1 is 1.56 bits per heavy atom. The van der Waals surface area contributed by atoms with Crippen LogP contribution in [0, 0.1) is 5.82 Å². The maximum absolute atomic E-state index is 13.4. The quantitative estimate of drug-likeness (QED) is 0.800. The molecule has 0 spiro atoms. The summed E-state index contributed by atoms with van der Waals surface area (Å²) in [5, 5.41) is 8.23. The van der Waals surface area contributed by atoms with Crippen molar-refractivity contribution in [1.82, 2.24) is 0 Å². The van der Waals surface area contributed by atoms with Crippen LogP contribution in [0.4, 0.5) is 4.39 Å². The van der Waals surface area contributed by atoms with Crippen LogP contribution < -0.4 is 4.74 Å². The van der Waals surface area contributed by atoms with Crippen molar-refractivity contribution < 1.29 is 23.2 Å². The Hall–Kier alpha value is -1.56. The molecule has 2 unspecified atom stereocenters. The summed E-state index contributed by atoms with van der Waals surface area (Å²) in [6.07, 6.45) is -1.10. The van der Waals surface area contributed by atoms with Crippen molar-refractivity contribution in [2.75, 3.05) is 0 Å². The van der Waals surface area contributed by atoms with Gasteiger partial charge in [-0.2, -0.15) is 0 Å². The molecule has 0 saturated carbocycles. The standard InChI is InChI=1S/C10H7FO4S/c11-6-3-1-2-5-8(16-14)4-7(10(12)13)15-9(5)6/h1-3,7-8H,4H2/p+1. The van der Waals surface area contributed by atoms with E-state index in [1.165, 1.54) is 12.1 Å². The highest BCUT2D eigenvalue weighted by atomic mass is 32.1. The molecule has 2 rings (SSSR count). The molecule has 0 radical (unpaired) electrons. The number of rotatable bonds is 2. The minimum Gasteiger partial charge on any atom is -0.479 e. The van der Waals surface area contributed by atoms with Crippen molar-refractivity contribution >= 4 is 17.6 Å². The van der Waals surface area contributed by atoms with Gasteiger partial charge in [0.15, 0.2) is 11.6 Å². The first-order valence-electron chi connectivity index (χ1n) is 4.60. The molecule has 0 aromatic heterocycles.